The SMILES string of the molecule is CN1C[C@@H]2c3ccccc3C(=O)N2[C@@H](Cc2ccccc2)C1=O. The van der Waals surface area contributed by atoms with E-state index in [2.05, 4.69) is 0 Å². The largest absolute Gasteiger partial charge is 0.342 e. The van der Waals surface area contributed by atoms with Crippen LogP contribution in [0.4, 0.5) is 0 Å². The van der Waals surface area contributed by atoms with E-state index in [9.17, 15) is 9.59 Å². The molecular weight excluding hydrogens is 288 g/mol. The van der Waals surface area contributed by atoms with Crippen molar-refractivity contribution < 1.29 is 9.59 Å². The first-order valence-electron chi connectivity index (χ1n) is 7.87. The average molecular weight is 306 g/mol. The van der Waals surface area contributed by atoms with Crippen molar-refractivity contribution in [2.45, 2.75) is 18.5 Å². The fraction of sp³-hybridized carbons (Fsp3) is 0.263. The maximum absolute atomic E-state index is 12.8. The van der Waals surface area contributed by atoms with Gasteiger partial charge in [-0.15, -0.1) is 0 Å². The normalized spacial score (nSPS) is 23.0. The van der Waals surface area contributed by atoms with Crippen molar-refractivity contribution >= 4 is 11.8 Å². The van der Waals surface area contributed by atoms with Gasteiger partial charge >= 0.3 is 0 Å². The molecule has 1 fully saturated rings. The number of nitrogens with zero attached hydrogens (tertiary/aromatic N) is 2. The number of carbonyl (C=O) groups excluding carboxylic acids is 2. The molecule has 0 radical (unpaired) electrons. The van der Waals surface area contributed by atoms with Crippen molar-refractivity contribution in [2.75, 3.05) is 13.6 Å². The summed E-state index contributed by atoms with van der Waals surface area (Å²) in [5, 5.41) is 0. The lowest BCUT2D eigenvalue weighted by Gasteiger charge is -2.41. The van der Waals surface area contributed by atoms with Gasteiger partial charge in [-0.05, 0) is 17.2 Å². The molecule has 0 aliphatic carbocycles. The zero-order valence-corrected chi connectivity index (χ0v) is 13.0. The first kappa shape index (κ1) is 14.0. The number of rotatable bonds is 2. The van der Waals surface area contributed by atoms with Crippen LogP contribution in [-0.2, 0) is 11.2 Å². The van der Waals surface area contributed by atoms with E-state index in [1.807, 2.05) is 61.6 Å². The second-order valence-electron chi connectivity index (χ2n) is 6.24. The van der Waals surface area contributed by atoms with Gasteiger partial charge in [-0.2, -0.15) is 0 Å². The molecule has 0 unspecified atom stereocenters. The lowest BCUT2D eigenvalue weighted by Crippen LogP contribution is -2.57. The van der Waals surface area contributed by atoms with Crippen LogP contribution in [0, 0.1) is 0 Å². The van der Waals surface area contributed by atoms with Crippen LogP contribution in [0.25, 0.3) is 0 Å². The molecule has 2 amide bonds. The zero-order chi connectivity index (χ0) is 16.0. The van der Waals surface area contributed by atoms with Crippen LogP contribution in [0.15, 0.2) is 54.6 Å². The third-order valence-corrected chi connectivity index (χ3v) is 4.84. The number of carbonyl (C=O) groups is 2. The lowest BCUT2D eigenvalue weighted by atomic mass is 9.97. The quantitative estimate of drug-likeness (QED) is 0.854. The summed E-state index contributed by atoms with van der Waals surface area (Å²) < 4.78 is 0. The monoisotopic (exact) mass is 306 g/mol. The van der Waals surface area contributed by atoms with Crippen molar-refractivity contribution in [3.63, 3.8) is 0 Å². The second-order valence-corrected chi connectivity index (χ2v) is 6.24. The van der Waals surface area contributed by atoms with E-state index >= 15 is 0 Å². The second kappa shape index (κ2) is 5.23. The van der Waals surface area contributed by atoms with Gasteiger partial charge in [0.25, 0.3) is 5.91 Å². The molecule has 2 aliphatic rings. The molecule has 1 saturated heterocycles. The fourth-order valence-electron chi connectivity index (χ4n) is 3.70. The molecule has 2 aromatic rings. The molecule has 2 atom stereocenters. The Morgan fingerprint density at radius 2 is 1.70 bits per heavy atom. The zero-order valence-electron chi connectivity index (χ0n) is 13.0. The van der Waals surface area contributed by atoms with Crippen LogP contribution >= 0.6 is 0 Å². The van der Waals surface area contributed by atoms with Gasteiger partial charge in [0.15, 0.2) is 0 Å². The lowest BCUT2D eigenvalue weighted by molar-refractivity contribution is -0.140. The molecule has 4 heteroatoms. The first-order chi connectivity index (χ1) is 11.2. The molecule has 0 bridgehead atoms. The van der Waals surface area contributed by atoms with Gasteiger partial charge in [0.05, 0.1) is 6.04 Å². The number of hydrogen-bond acceptors (Lipinski definition) is 2. The molecule has 4 rings (SSSR count). The highest BCUT2D eigenvalue weighted by atomic mass is 16.2. The maximum Gasteiger partial charge on any atom is 0.255 e. The number of benzene rings is 2. The van der Waals surface area contributed by atoms with Crippen molar-refractivity contribution in [3.05, 3.63) is 71.3 Å². The summed E-state index contributed by atoms with van der Waals surface area (Å²) in [7, 11) is 1.82. The summed E-state index contributed by atoms with van der Waals surface area (Å²) >= 11 is 0. The van der Waals surface area contributed by atoms with Crippen molar-refractivity contribution in [3.8, 4) is 0 Å². The van der Waals surface area contributed by atoms with E-state index in [1.54, 1.807) is 9.80 Å². The summed E-state index contributed by atoms with van der Waals surface area (Å²) in [6, 6.07) is 17.1. The molecule has 0 saturated carbocycles. The number of hydrogen-bond donors (Lipinski definition) is 0. The number of fused-ring (bicyclic) bond motifs is 3. The number of likely N-dealkylation sites (N-methyl/N-ethyl adjacent to an activating group) is 1. The van der Waals surface area contributed by atoms with Crippen LogP contribution in [-0.4, -0.2) is 41.2 Å². The summed E-state index contributed by atoms with van der Waals surface area (Å²) in [5.74, 6) is -0.000703. The Balaban J connectivity index is 1.74. The predicted molar refractivity (Wildman–Crippen MR) is 86.9 cm³/mol. The Morgan fingerprint density at radius 3 is 2.48 bits per heavy atom. The summed E-state index contributed by atoms with van der Waals surface area (Å²) in [5.41, 5.74) is 2.84. The van der Waals surface area contributed by atoms with E-state index in [1.165, 1.54) is 0 Å². The minimum Gasteiger partial charge on any atom is -0.342 e. The third kappa shape index (κ3) is 2.13. The molecule has 2 aromatic carbocycles. The Kier molecular flexibility index (Phi) is 3.18. The minimum absolute atomic E-state index is 0.0197. The van der Waals surface area contributed by atoms with Gasteiger partial charge in [0.1, 0.15) is 6.04 Å². The Hall–Kier alpha value is -2.62. The highest BCUT2D eigenvalue weighted by Crippen LogP contribution is 2.39. The summed E-state index contributed by atoms with van der Waals surface area (Å²) in [6.07, 6.45) is 0.556. The third-order valence-electron chi connectivity index (χ3n) is 4.84. The van der Waals surface area contributed by atoms with Crippen molar-refractivity contribution in [1.82, 2.24) is 9.80 Å². The van der Waals surface area contributed by atoms with E-state index in [0.717, 1.165) is 16.7 Å². The van der Waals surface area contributed by atoms with Crippen LogP contribution < -0.4 is 0 Å². The first-order valence-corrected chi connectivity index (χ1v) is 7.87. The fourth-order valence-corrected chi connectivity index (χ4v) is 3.70. The number of amides is 2. The Labute approximate surface area is 135 Å². The Morgan fingerprint density at radius 1 is 1.00 bits per heavy atom. The van der Waals surface area contributed by atoms with E-state index in [4.69, 9.17) is 0 Å². The highest BCUT2D eigenvalue weighted by Gasteiger charge is 2.47. The molecule has 2 aliphatic heterocycles. The van der Waals surface area contributed by atoms with Gasteiger partial charge < -0.3 is 9.80 Å². The summed E-state index contributed by atoms with van der Waals surface area (Å²) in [4.78, 5) is 29.1. The van der Waals surface area contributed by atoms with Gasteiger partial charge in [-0.1, -0.05) is 48.5 Å². The Bertz CT molecular complexity index is 772. The van der Waals surface area contributed by atoms with Crippen molar-refractivity contribution in [2.24, 2.45) is 0 Å². The minimum atomic E-state index is -0.430. The predicted octanol–water partition coefficient (Wildman–Crippen LogP) is 2.27. The van der Waals surface area contributed by atoms with Gasteiger partial charge in [0, 0.05) is 25.6 Å². The van der Waals surface area contributed by atoms with Crippen LogP contribution in [0.2, 0.25) is 0 Å². The molecule has 2 heterocycles. The topological polar surface area (TPSA) is 40.6 Å². The average Bonchev–Trinajstić information content (AvgIpc) is 2.86. The molecule has 0 N–H and O–H groups in total. The van der Waals surface area contributed by atoms with Gasteiger partial charge in [-0.3, -0.25) is 9.59 Å². The summed E-state index contributed by atoms with van der Waals surface area (Å²) in [6.45, 7) is 0.562. The molecule has 0 aromatic heterocycles. The van der Waals surface area contributed by atoms with Gasteiger partial charge in [-0.25, -0.2) is 0 Å². The standard InChI is InChI=1S/C19H18N2O2/c1-20-12-17-14-9-5-6-10-15(14)18(22)21(17)16(19(20)23)11-13-7-3-2-4-8-13/h2-10,16-17H,11-12H2,1H3/t16-,17+/m0/s1. The molecule has 0 spiro atoms. The molecule has 116 valence electrons. The smallest absolute Gasteiger partial charge is 0.255 e. The molecule has 4 nitrogen and oxygen atoms in total. The van der Waals surface area contributed by atoms with E-state index in [-0.39, 0.29) is 17.9 Å². The van der Waals surface area contributed by atoms with E-state index < -0.39 is 6.04 Å². The van der Waals surface area contributed by atoms with Crippen LogP contribution in [0.3, 0.4) is 0 Å². The van der Waals surface area contributed by atoms with Crippen LogP contribution in [0.5, 0.6) is 0 Å². The number of piperazine rings is 1. The molecule has 23 heavy (non-hydrogen) atoms. The van der Waals surface area contributed by atoms with E-state index in [0.29, 0.717) is 13.0 Å². The maximum atomic E-state index is 12.8. The molecular formula is C19H18N2O2. The van der Waals surface area contributed by atoms with Crippen molar-refractivity contribution in [1.29, 1.82) is 0 Å². The highest BCUT2D eigenvalue weighted by molar-refractivity contribution is 6.02. The van der Waals surface area contributed by atoms with Gasteiger partial charge in [0.2, 0.25) is 5.91 Å². The van der Waals surface area contributed by atoms with Crippen LogP contribution in [0.1, 0.15) is 27.5 Å².